The number of carboxylic acid groups (broad SMARTS) is 1. The summed E-state index contributed by atoms with van der Waals surface area (Å²) in [5.74, 6) is -0.295. The molecule has 0 atom stereocenters. The molecule has 0 aliphatic carbocycles. The minimum absolute atomic E-state index is 0.0490. The Morgan fingerprint density at radius 3 is 2.95 bits per heavy atom. The molecule has 2 N–H and O–H groups in total. The van der Waals surface area contributed by atoms with Crippen LogP contribution in [0.5, 0.6) is 0 Å². The summed E-state index contributed by atoms with van der Waals surface area (Å²) in [7, 11) is 0. The van der Waals surface area contributed by atoms with Crippen LogP contribution in [0.15, 0.2) is 22.8 Å². The predicted molar refractivity (Wildman–Crippen MR) is 70.0 cm³/mol. The molecule has 0 radical (unpaired) electrons. The molecule has 2 aromatic rings. The number of aromatic nitrogens is 4. The zero-order chi connectivity index (χ0) is 15.1. The second-order valence-electron chi connectivity index (χ2n) is 4.32. The normalized spacial score (nSPS) is 10.5. The second-order valence-corrected chi connectivity index (χ2v) is 4.32. The van der Waals surface area contributed by atoms with Gasteiger partial charge in [0, 0.05) is 13.0 Å². The minimum atomic E-state index is -0.835. The van der Waals surface area contributed by atoms with Crippen molar-refractivity contribution in [1.82, 2.24) is 25.5 Å². The third-order valence-electron chi connectivity index (χ3n) is 2.62. The van der Waals surface area contributed by atoms with E-state index in [1.54, 1.807) is 12.1 Å². The van der Waals surface area contributed by atoms with Crippen molar-refractivity contribution in [2.75, 3.05) is 6.54 Å². The van der Waals surface area contributed by atoms with Gasteiger partial charge in [-0.05, 0) is 30.2 Å². The van der Waals surface area contributed by atoms with Gasteiger partial charge in [-0.1, -0.05) is 0 Å². The number of carboxylic acids is 1. The van der Waals surface area contributed by atoms with E-state index in [9.17, 15) is 9.59 Å². The lowest BCUT2D eigenvalue weighted by molar-refractivity contribution is -0.137. The van der Waals surface area contributed by atoms with Crippen molar-refractivity contribution in [2.45, 2.75) is 25.8 Å². The number of carbonyl (C=O) groups is 2. The molecule has 0 saturated heterocycles. The van der Waals surface area contributed by atoms with Gasteiger partial charge >= 0.3 is 5.97 Å². The lowest BCUT2D eigenvalue weighted by atomic mass is 10.2. The number of hydrogen-bond donors (Lipinski definition) is 2. The van der Waals surface area contributed by atoms with E-state index in [-0.39, 0.29) is 18.9 Å². The predicted octanol–water partition coefficient (Wildman–Crippen LogP) is 0.304. The van der Waals surface area contributed by atoms with E-state index in [1.165, 1.54) is 11.1 Å². The Balaban J connectivity index is 1.72. The Bertz CT molecular complexity index is 593. The van der Waals surface area contributed by atoms with Crippen molar-refractivity contribution < 1.29 is 19.1 Å². The molecular formula is C12H15N5O4. The molecule has 0 spiro atoms. The fraction of sp³-hybridized carbons (Fsp3) is 0.417. The smallest absolute Gasteiger partial charge is 0.303 e. The van der Waals surface area contributed by atoms with Crippen molar-refractivity contribution in [3.8, 4) is 11.6 Å². The van der Waals surface area contributed by atoms with Gasteiger partial charge in [-0.15, -0.1) is 10.2 Å². The van der Waals surface area contributed by atoms with Gasteiger partial charge in [0.1, 0.15) is 6.54 Å². The number of amides is 1. The maximum atomic E-state index is 11.6. The Hall–Kier alpha value is -2.71. The van der Waals surface area contributed by atoms with E-state index < -0.39 is 5.97 Å². The van der Waals surface area contributed by atoms with Crippen LogP contribution in [0.25, 0.3) is 11.6 Å². The van der Waals surface area contributed by atoms with Gasteiger partial charge in [0.25, 0.3) is 0 Å². The molecule has 0 saturated carbocycles. The van der Waals surface area contributed by atoms with Crippen LogP contribution in [-0.4, -0.2) is 43.7 Å². The third-order valence-corrected chi connectivity index (χ3v) is 2.62. The van der Waals surface area contributed by atoms with Crippen LogP contribution in [0.4, 0.5) is 0 Å². The Morgan fingerprint density at radius 2 is 2.24 bits per heavy atom. The molecule has 0 aromatic carbocycles. The summed E-state index contributed by atoms with van der Waals surface area (Å²) < 4.78 is 5.12. The summed E-state index contributed by atoms with van der Waals surface area (Å²) in [6.45, 7) is 0.374. The Morgan fingerprint density at radius 1 is 1.38 bits per heavy atom. The van der Waals surface area contributed by atoms with Crippen LogP contribution in [0.1, 0.15) is 19.3 Å². The van der Waals surface area contributed by atoms with Gasteiger partial charge in [0.2, 0.25) is 11.7 Å². The first-order valence-electron chi connectivity index (χ1n) is 6.45. The molecule has 2 rings (SSSR count). The molecule has 9 nitrogen and oxygen atoms in total. The number of furan rings is 1. The van der Waals surface area contributed by atoms with Crippen LogP contribution in [0.3, 0.4) is 0 Å². The van der Waals surface area contributed by atoms with E-state index in [4.69, 9.17) is 9.52 Å². The molecule has 0 bridgehead atoms. The van der Waals surface area contributed by atoms with Gasteiger partial charge in [-0.2, -0.15) is 4.80 Å². The maximum Gasteiger partial charge on any atom is 0.303 e. The van der Waals surface area contributed by atoms with Crippen LogP contribution in [0, 0.1) is 0 Å². The highest BCUT2D eigenvalue weighted by Crippen LogP contribution is 2.12. The van der Waals surface area contributed by atoms with E-state index in [0.717, 1.165) is 0 Å². The molecule has 0 aliphatic rings. The highest BCUT2D eigenvalue weighted by Gasteiger charge is 2.10. The molecular weight excluding hydrogens is 278 g/mol. The number of carbonyl (C=O) groups excluding carboxylic acids is 1. The second kappa shape index (κ2) is 7.17. The monoisotopic (exact) mass is 293 g/mol. The molecule has 0 aliphatic heterocycles. The molecule has 2 heterocycles. The first kappa shape index (κ1) is 14.7. The maximum absolute atomic E-state index is 11.6. The number of rotatable bonds is 8. The van der Waals surface area contributed by atoms with Crippen molar-refractivity contribution >= 4 is 11.9 Å². The quantitative estimate of drug-likeness (QED) is 0.671. The number of nitrogens with zero attached hydrogens (tertiary/aromatic N) is 4. The number of aliphatic carboxylic acids is 1. The van der Waals surface area contributed by atoms with Gasteiger partial charge < -0.3 is 14.8 Å². The van der Waals surface area contributed by atoms with Crippen molar-refractivity contribution in [1.29, 1.82) is 0 Å². The third kappa shape index (κ3) is 4.71. The average molecular weight is 293 g/mol. The lowest BCUT2D eigenvalue weighted by Crippen LogP contribution is -2.29. The largest absolute Gasteiger partial charge is 0.481 e. The van der Waals surface area contributed by atoms with Crippen LogP contribution < -0.4 is 5.32 Å². The Kier molecular flexibility index (Phi) is 5.02. The number of unbranched alkanes of at least 4 members (excludes halogenated alkanes) is 1. The lowest BCUT2D eigenvalue weighted by Gasteiger charge is -2.03. The molecule has 2 aromatic heterocycles. The highest BCUT2D eigenvalue weighted by molar-refractivity contribution is 5.75. The van der Waals surface area contributed by atoms with Crippen molar-refractivity contribution in [3.05, 3.63) is 18.4 Å². The zero-order valence-electron chi connectivity index (χ0n) is 11.2. The fourth-order valence-corrected chi connectivity index (χ4v) is 1.63. The molecule has 112 valence electrons. The zero-order valence-corrected chi connectivity index (χ0v) is 11.2. The van der Waals surface area contributed by atoms with E-state index >= 15 is 0 Å². The van der Waals surface area contributed by atoms with Gasteiger partial charge in [0.15, 0.2) is 5.76 Å². The van der Waals surface area contributed by atoms with Crippen LogP contribution >= 0.6 is 0 Å². The SMILES string of the molecule is O=C(O)CCCCNC(=O)Cn1nnc(-c2ccco2)n1. The molecule has 9 heteroatoms. The first-order valence-corrected chi connectivity index (χ1v) is 6.45. The van der Waals surface area contributed by atoms with Crippen molar-refractivity contribution in [2.24, 2.45) is 0 Å². The van der Waals surface area contributed by atoms with Crippen LogP contribution in [0.2, 0.25) is 0 Å². The van der Waals surface area contributed by atoms with Gasteiger partial charge in [-0.25, -0.2) is 0 Å². The van der Waals surface area contributed by atoms with Crippen molar-refractivity contribution in [3.63, 3.8) is 0 Å². The van der Waals surface area contributed by atoms with Crippen LogP contribution in [-0.2, 0) is 16.1 Å². The first-order chi connectivity index (χ1) is 10.1. The summed E-state index contributed by atoms with van der Waals surface area (Å²) in [5.41, 5.74) is 0. The fourth-order valence-electron chi connectivity index (χ4n) is 1.63. The number of tetrazole rings is 1. The number of nitrogens with one attached hydrogen (secondary N) is 1. The van der Waals surface area contributed by atoms with Gasteiger partial charge in [0.05, 0.1) is 6.26 Å². The topological polar surface area (TPSA) is 123 Å². The van der Waals surface area contributed by atoms with E-state index in [0.29, 0.717) is 31.0 Å². The highest BCUT2D eigenvalue weighted by atomic mass is 16.4. The summed E-state index contributed by atoms with van der Waals surface area (Å²) >= 11 is 0. The molecule has 0 fully saturated rings. The number of hydrogen-bond acceptors (Lipinski definition) is 6. The summed E-state index contributed by atoms with van der Waals surface area (Å²) in [6.07, 6.45) is 2.74. The molecule has 21 heavy (non-hydrogen) atoms. The summed E-state index contributed by atoms with van der Waals surface area (Å²) in [6, 6.07) is 3.41. The minimum Gasteiger partial charge on any atom is -0.481 e. The van der Waals surface area contributed by atoms with E-state index in [2.05, 4.69) is 20.7 Å². The average Bonchev–Trinajstić information content (AvgIpc) is 3.08. The van der Waals surface area contributed by atoms with E-state index in [1.807, 2.05) is 0 Å². The summed E-state index contributed by atoms with van der Waals surface area (Å²) in [5, 5.41) is 22.7. The van der Waals surface area contributed by atoms with Gasteiger partial charge in [-0.3, -0.25) is 9.59 Å². The Labute approximate surface area is 119 Å². The summed E-state index contributed by atoms with van der Waals surface area (Å²) in [4.78, 5) is 23.1. The standard InChI is InChI=1S/C12H15N5O4/c18-10(13-6-2-1-5-11(19)20)8-17-15-12(14-16-17)9-4-3-7-21-9/h3-4,7H,1-2,5-6,8H2,(H,13,18)(H,19,20). The molecule has 1 amide bonds. The molecule has 0 unspecified atom stereocenters.